The van der Waals surface area contributed by atoms with Crippen LogP contribution in [-0.4, -0.2) is 37.3 Å². The monoisotopic (exact) mass is 206 g/mol. The number of para-hydroxylation sites is 1. The Bertz CT molecular complexity index is 437. The SMILES string of the molecule is CN(C)CCOc1noc2ccccc12. The molecule has 0 unspecified atom stereocenters. The summed E-state index contributed by atoms with van der Waals surface area (Å²) in [5.41, 5.74) is 0.761. The molecule has 2 rings (SSSR count). The second-order valence-electron chi connectivity index (χ2n) is 3.64. The lowest BCUT2D eigenvalue weighted by atomic mass is 10.3. The molecule has 0 amide bonds. The van der Waals surface area contributed by atoms with E-state index < -0.39 is 0 Å². The van der Waals surface area contributed by atoms with E-state index in [0.717, 1.165) is 17.5 Å². The van der Waals surface area contributed by atoms with Gasteiger partial charge < -0.3 is 14.2 Å². The van der Waals surface area contributed by atoms with Gasteiger partial charge in [0.25, 0.3) is 5.88 Å². The van der Waals surface area contributed by atoms with Crippen molar-refractivity contribution >= 4 is 11.0 Å². The molecule has 0 aliphatic rings. The summed E-state index contributed by atoms with van der Waals surface area (Å²) in [6.07, 6.45) is 0. The van der Waals surface area contributed by atoms with Crippen LogP contribution in [0.1, 0.15) is 0 Å². The molecule has 0 N–H and O–H groups in total. The molecule has 0 bridgehead atoms. The molecule has 80 valence electrons. The Labute approximate surface area is 88.4 Å². The fourth-order valence-corrected chi connectivity index (χ4v) is 1.29. The molecule has 0 aliphatic carbocycles. The zero-order valence-corrected chi connectivity index (χ0v) is 8.93. The number of benzene rings is 1. The van der Waals surface area contributed by atoms with Crippen LogP contribution in [0.2, 0.25) is 0 Å². The van der Waals surface area contributed by atoms with Crippen molar-refractivity contribution in [2.75, 3.05) is 27.2 Å². The summed E-state index contributed by atoms with van der Waals surface area (Å²) in [6.45, 7) is 1.48. The Kier molecular flexibility index (Phi) is 2.87. The first-order valence-corrected chi connectivity index (χ1v) is 4.89. The van der Waals surface area contributed by atoms with Crippen molar-refractivity contribution in [3.63, 3.8) is 0 Å². The lowest BCUT2D eigenvalue weighted by Crippen LogP contribution is -2.19. The van der Waals surface area contributed by atoms with E-state index in [-0.39, 0.29) is 0 Å². The van der Waals surface area contributed by atoms with Gasteiger partial charge in [0.1, 0.15) is 6.61 Å². The number of hydrogen-bond donors (Lipinski definition) is 0. The Morgan fingerprint density at radius 2 is 2.13 bits per heavy atom. The van der Waals surface area contributed by atoms with E-state index in [0.29, 0.717) is 12.5 Å². The molecule has 1 heterocycles. The number of aromatic nitrogens is 1. The molecular formula is C11H14N2O2. The maximum atomic E-state index is 5.52. The van der Waals surface area contributed by atoms with Crippen LogP contribution in [0.25, 0.3) is 11.0 Å². The largest absolute Gasteiger partial charge is 0.474 e. The minimum atomic E-state index is 0.576. The predicted octanol–water partition coefficient (Wildman–Crippen LogP) is 1.77. The van der Waals surface area contributed by atoms with Crippen LogP contribution < -0.4 is 4.74 Å². The molecule has 2 aromatic rings. The molecule has 0 spiro atoms. The maximum absolute atomic E-state index is 5.52. The van der Waals surface area contributed by atoms with Gasteiger partial charge in [0.05, 0.1) is 5.39 Å². The standard InChI is InChI=1S/C11H14N2O2/c1-13(2)7-8-14-11-9-5-3-4-6-10(9)15-12-11/h3-6H,7-8H2,1-2H3. The van der Waals surface area contributed by atoms with Gasteiger partial charge in [0.15, 0.2) is 5.58 Å². The summed E-state index contributed by atoms with van der Waals surface area (Å²) >= 11 is 0. The molecule has 15 heavy (non-hydrogen) atoms. The topological polar surface area (TPSA) is 38.5 Å². The van der Waals surface area contributed by atoms with Crippen LogP contribution >= 0.6 is 0 Å². The van der Waals surface area contributed by atoms with Crippen LogP contribution in [0.15, 0.2) is 28.8 Å². The highest BCUT2D eigenvalue weighted by atomic mass is 16.5. The van der Waals surface area contributed by atoms with Crippen LogP contribution in [0.4, 0.5) is 0 Å². The first kappa shape index (κ1) is 9.98. The second-order valence-corrected chi connectivity index (χ2v) is 3.64. The molecule has 0 saturated heterocycles. The van der Waals surface area contributed by atoms with Gasteiger partial charge >= 0.3 is 0 Å². The van der Waals surface area contributed by atoms with Crippen LogP contribution in [0, 0.1) is 0 Å². The zero-order valence-electron chi connectivity index (χ0n) is 8.93. The predicted molar refractivity (Wildman–Crippen MR) is 58.1 cm³/mol. The van der Waals surface area contributed by atoms with E-state index >= 15 is 0 Å². The van der Waals surface area contributed by atoms with E-state index in [1.165, 1.54) is 0 Å². The molecule has 1 aromatic heterocycles. The molecule has 0 radical (unpaired) electrons. The molecule has 1 aromatic carbocycles. The van der Waals surface area contributed by atoms with Gasteiger partial charge in [0, 0.05) is 6.54 Å². The molecule has 4 heteroatoms. The molecular weight excluding hydrogens is 192 g/mol. The maximum Gasteiger partial charge on any atom is 0.262 e. The Hall–Kier alpha value is -1.55. The number of fused-ring (bicyclic) bond motifs is 1. The number of hydrogen-bond acceptors (Lipinski definition) is 4. The summed E-state index contributed by atoms with van der Waals surface area (Å²) in [5.74, 6) is 0.576. The summed E-state index contributed by atoms with van der Waals surface area (Å²) in [7, 11) is 4.01. The molecule has 0 saturated carbocycles. The second kappa shape index (κ2) is 4.31. The number of ether oxygens (including phenoxy) is 1. The molecule has 0 atom stereocenters. The highest BCUT2D eigenvalue weighted by molar-refractivity contribution is 5.81. The first-order chi connectivity index (χ1) is 7.27. The molecule has 0 aliphatic heterocycles. The average molecular weight is 206 g/mol. The van der Waals surface area contributed by atoms with Crippen molar-refractivity contribution < 1.29 is 9.26 Å². The lowest BCUT2D eigenvalue weighted by molar-refractivity contribution is 0.243. The van der Waals surface area contributed by atoms with Crippen molar-refractivity contribution in [1.29, 1.82) is 0 Å². The summed E-state index contributed by atoms with van der Waals surface area (Å²) in [5, 5.41) is 4.80. The minimum absolute atomic E-state index is 0.576. The van der Waals surface area contributed by atoms with Gasteiger partial charge in [-0.3, -0.25) is 0 Å². The first-order valence-electron chi connectivity index (χ1n) is 4.89. The highest BCUT2D eigenvalue weighted by Gasteiger charge is 2.07. The number of likely N-dealkylation sites (N-methyl/N-ethyl adjacent to an activating group) is 1. The van der Waals surface area contributed by atoms with Crippen molar-refractivity contribution in [3.05, 3.63) is 24.3 Å². The van der Waals surface area contributed by atoms with Crippen LogP contribution in [0.3, 0.4) is 0 Å². The van der Waals surface area contributed by atoms with E-state index in [2.05, 4.69) is 10.1 Å². The summed E-state index contributed by atoms with van der Waals surface area (Å²) in [4.78, 5) is 2.06. The number of nitrogens with zero attached hydrogens (tertiary/aromatic N) is 2. The highest BCUT2D eigenvalue weighted by Crippen LogP contribution is 2.23. The van der Waals surface area contributed by atoms with Crippen LogP contribution in [-0.2, 0) is 0 Å². The smallest absolute Gasteiger partial charge is 0.262 e. The van der Waals surface area contributed by atoms with Gasteiger partial charge in [0.2, 0.25) is 0 Å². The van der Waals surface area contributed by atoms with Crippen molar-refractivity contribution in [1.82, 2.24) is 10.1 Å². The van der Waals surface area contributed by atoms with Gasteiger partial charge in [-0.05, 0) is 31.4 Å². The Morgan fingerprint density at radius 3 is 2.93 bits per heavy atom. The van der Waals surface area contributed by atoms with Crippen molar-refractivity contribution in [2.45, 2.75) is 0 Å². The van der Waals surface area contributed by atoms with Crippen molar-refractivity contribution in [3.8, 4) is 5.88 Å². The van der Waals surface area contributed by atoms with Gasteiger partial charge in [-0.1, -0.05) is 12.1 Å². The molecule has 0 fully saturated rings. The number of rotatable bonds is 4. The quantitative estimate of drug-likeness (QED) is 0.764. The van der Waals surface area contributed by atoms with Gasteiger partial charge in [-0.15, -0.1) is 0 Å². The third kappa shape index (κ3) is 2.27. The van der Waals surface area contributed by atoms with E-state index in [9.17, 15) is 0 Å². The summed E-state index contributed by atoms with van der Waals surface area (Å²) in [6, 6.07) is 7.67. The van der Waals surface area contributed by atoms with Crippen LogP contribution in [0.5, 0.6) is 5.88 Å². The fraction of sp³-hybridized carbons (Fsp3) is 0.364. The Morgan fingerprint density at radius 1 is 1.33 bits per heavy atom. The van der Waals surface area contributed by atoms with E-state index in [1.807, 2.05) is 38.4 Å². The third-order valence-corrected chi connectivity index (χ3v) is 2.12. The van der Waals surface area contributed by atoms with Gasteiger partial charge in [-0.2, -0.15) is 0 Å². The third-order valence-electron chi connectivity index (χ3n) is 2.12. The average Bonchev–Trinajstić information content (AvgIpc) is 2.62. The van der Waals surface area contributed by atoms with Gasteiger partial charge in [-0.25, -0.2) is 0 Å². The zero-order chi connectivity index (χ0) is 10.7. The molecule has 4 nitrogen and oxygen atoms in total. The summed E-state index contributed by atoms with van der Waals surface area (Å²) < 4.78 is 10.6. The lowest BCUT2D eigenvalue weighted by Gasteiger charge is -2.08. The van der Waals surface area contributed by atoms with E-state index in [4.69, 9.17) is 9.26 Å². The fourth-order valence-electron chi connectivity index (χ4n) is 1.29. The minimum Gasteiger partial charge on any atom is -0.474 e. The Balaban J connectivity index is 2.08. The van der Waals surface area contributed by atoms with E-state index in [1.54, 1.807) is 0 Å². The normalized spacial score (nSPS) is 11.1. The van der Waals surface area contributed by atoms with Crippen molar-refractivity contribution in [2.24, 2.45) is 0 Å².